The Kier molecular flexibility index (Phi) is 6.07. The summed E-state index contributed by atoms with van der Waals surface area (Å²) in [6, 6.07) is 4.40. The number of imidazole rings is 1. The molecule has 0 radical (unpaired) electrons. The molecule has 3 fully saturated rings. The van der Waals surface area contributed by atoms with Crippen LogP contribution in [0.1, 0.15) is 81.2 Å². The first-order valence-corrected chi connectivity index (χ1v) is 14.9. The van der Waals surface area contributed by atoms with Crippen LogP contribution in [0.2, 0.25) is 0 Å². The van der Waals surface area contributed by atoms with E-state index in [2.05, 4.69) is 81.3 Å². The molecule has 3 aromatic rings. The minimum Gasteiger partial charge on any atom is -0.369 e. The van der Waals surface area contributed by atoms with E-state index in [9.17, 15) is 0 Å². The summed E-state index contributed by atoms with van der Waals surface area (Å²) in [6.07, 6.45) is 22.4. The molecule has 0 aromatic carbocycles. The number of hydrogen-bond acceptors (Lipinski definition) is 5. The van der Waals surface area contributed by atoms with Crippen LogP contribution in [0, 0.1) is 10.8 Å². The van der Waals surface area contributed by atoms with E-state index < -0.39 is 0 Å². The maximum atomic E-state index is 4.93. The van der Waals surface area contributed by atoms with Crippen molar-refractivity contribution in [1.82, 2.24) is 24.2 Å². The fourth-order valence-electron chi connectivity index (χ4n) is 7.24. The lowest BCUT2D eigenvalue weighted by Crippen LogP contribution is -2.57. The van der Waals surface area contributed by atoms with E-state index in [-0.39, 0.29) is 0 Å². The van der Waals surface area contributed by atoms with Crippen LogP contribution in [-0.4, -0.2) is 50.3 Å². The minimum absolute atomic E-state index is 0.484. The van der Waals surface area contributed by atoms with Crippen LogP contribution >= 0.6 is 0 Å². The molecule has 0 bridgehead atoms. The van der Waals surface area contributed by atoms with Gasteiger partial charge in [-0.15, -0.1) is 0 Å². The predicted octanol–water partition coefficient (Wildman–Crippen LogP) is 6.58. The molecule has 3 aliphatic heterocycles. The zero-order valence-corrected chi connectivity index (χ0v) is 23.7. The highest BCUT2D eigenvalue weighted by Crippen LogP contribution is 2.47. The lowest BCUT2D eigenvalue weighted by atomic mass is 9.68. The van der Waals surface area contributed by atoms with Crippen molar-refractivity contribution in [1.29, 1.82) is 0 Å². The molecule has 7 rings (SSSR count). The Hall–Kier alpha value is -3.12. The van der Waals surface area contributed by atoms with Crippen molar-refractivity contribution in [3.8, 4) is 0 Å². The van der Waals surface area contributed by atoms with Crippen LogP contribution in [0.4, 0.5) is 5.69 Å². The predicted molar refractivity (Wildman–Crippen MR) is 159 cm³/mol. The Morgan fingerprint density at radius 2 is 1.72 bits per heavy atom. The highest BCUT2D eigenvalue weighted by atomic mass is 15.2. The molecule has 204 valence electrons. The standard InChI is InChI=1S/C33H42N6/c1-25-29-17-34-18-30(39-23-33(24-39)10-5-4-6-11-33)28(29)9-14-37(25)21-27-22-38-20-26(7-8-31(38)35-27)19-36-15-12-32(2,3)13-16-36/h7-9,14,17-18,20,22H,1,4-6,10-13,15-16,19,21,23-24H2,2-3H3. The monoisotopic (exact) mass is 522 g/mol. The van der Waals surface area contributed by atoms with E-state index in [1.807, 2.05) is 12.4 Å². The smallest absolute Gasteiger partial charge is 0.137 e. The maximum Gasteiger partial charge on any atom is 0.137 e. The van der Waals surface area contributed by atoms with Crippen molar-refractivity contribution >= 4 is 23.1 Å². The first-order valence-electron chi connectivity index (χ1n) is 14.9. The normalized spacial score (nSPS) is 22.4. The second-order valence-corrected chi connectivity index (χ2v) is 13.4. The molecule has 6 nitrogen and oxygen atoms in total. The molecule has 6 heterocycles. The lowest BCUT2D eigenvalue weighted by Gasteiger charge is -2.54. The van der Waals surface area contributed by atoms with Crippen molar-refractivity contribution in [3.63, 3.8) is 0 Å². The molecule has 0 N–H and O–H groups in total. The van der Waals surface area contributed by atoms with Crippen molar-refractivity contribution in [3.05, 3.63) is 72.1 Å². The van der Waals surface area contributed by atoms with Crippen LogP contribution in [0.5, 0.6) is 0 Å². The van der Waals surface area contributed by atoms with Crippen molar-refractivity contribution in [2.75, 3.05) is 31.1 Å². The van der Waals surface area contributed by atoms with Gasteiger partial charge in [0, 0.05) is 66.7 Å². The zero-order valence-electron chi connectivity index (χ0n) is 23.7. The van der Waals surface area contributed by atoms with Gasteiger partial charge in [0.2, 0.25) is 0 Å². The zero-order chi connectivity index (χ0) is 26.6. The number of piperidine rings is 1. The number of fused-ring (bicyclic) bond motifs is 2. The third-order valence-electron chi connectivity index (χ3n) is 9.86. The van der Waals surface area contributed by atoms with Gasteiger partial charge in [0.15, 0.2) is 0 Å². The Balaban J connectivity index is 1.04. The first kappa shape index (κ1) is 24.9. The summed E-state index contributed by atoms with van der Waals surface area (Å²) in [4.78, 5) is 16.9. The summed E-state index contributed by atoms with van der Waals surface area (Å²) >= 11 is 0. The topological polar surface area (TPSA) is 39.9 Å². The van der Waals surface area contributed by atoms with Gasteiger partial charge in [-0.1, -0.05) is 45.8 Å². The van der Waals surface area contributed by atoms with E-state index in [4.69, 9.17) is 4.98 Å². The van der Waals surface area contributed by atoms with Crippen molar-refractivity contribution in [2.45, 2.75) is 71.9 Å². The number of aromatic nitrogens is 3. The number of likely N-dealkylation sites (tertiary alicyclic amines) is 1. The summed E-state index contributed by atoms with van der Waals surface area (Å²) in [5.41, 5.74) is 9.09. The molecular formula is C33H42N6. The van der Waals surface area contributed by atoms with Crippen LogP contribution < -0.4 is 4.90 Å². The summed E-state index contributed by atoms with van der Waals surface area (Å²) in [7, 11) is 0. The molecule has 2 saturated heterocycles. The number of nitrogens with zero attached hydrogens (tertiary/aromatic N) is 6. The van der Waals surface area contributed by atoms with Gasteiger partial charge in [0.1, 0.15) is 5.65 Å². The quantitative estimate of drug-likeness (QED) is 0.379. The molecule has 0 unspecified atom stereocenters. The van der Waals surface area contributed by atoms with Crippen molar-refractivity contribution in [2.24, 2.45) is 10.8 Å². The van der Waals surface area contributed by atoms with Crippen LogP contribution in [-0.2, 0) is 13.1 Å². The highest BCUT2D eigenvalue weighted by Gasteiger charge is 2.44. The molecule has 3 aromatic heterocycles. The van der Waals surface area contributed by atoms with Gasteiger partial charge < -0.3 is 14.2 Å². The first-order chi connectivity index (χ1) is 18.9. The van der Waals surface area contributed by atoms with E-state index >= 15 is 0 Å². The summed E-state index contributed by atoms with van der Waals surface area (Å²) in [5, 5.41) is 0. The van der Waals surface area contributed by atoms with E-state index in [1.54, 1.807) is 0 Å². The third-order valence-corrected chi connectivity index (χ3v) is 9.86. The molecule has 1 saturated carbocycles. The Morgan fingerprint density at radius 1 is 0.923 bits per heavy atom. The van der Waals surface area contributed by atoms with Gasteiger partial charge in [-0.3, -0.25) is 9.88 Å². The Labute approximate surface area is 233 Å². The van der Waals surface area contributed by atoms with Crippen LogP contribution in [0.3, 0.4) is 0 Å². The van der Waals surface area contributed by atoms with Crippen LogP contribution in [0.25, 0.3) is 17.4 Å². The van der Waals surface area contributed by atoms with Crippen LogP contribution in [0.15, 0.2) is 49.7 Å². The fraction of sp³-hybridized carbons (Fsp3) is 0.515. The fourth-order valence-corrected chi connectivity index (χ4v) is 7.24. The number of pyridine rings is 2. The number of rotatable bonds is 5. The van der Waals surface area contributed by atoms with Gasteiger partial charge in [0.05, 0.1) is 24.1 Å². The largest absolute Gasteiger partial charge is 0.369 e. The van der Waals surface area contributed by atoms with E-state index in [0.29, 0.717) is 17.4 Å². The maximum absolute atomic E-state index is 4.93. The minimum atomic E-state index is 0.484. The molecule has 39 heavy (non-hydrogen) atoms. The Bertz CT molecular complexity index is 1410. The van der Waals surface area contributed by atoms with Gasteiger partial charge in [0.25, 0.3) is 0 Å². The molecule has 0 atom stereocenters. The summed E-state index contributed by atoms with van der Waals surface area (Å²) in [6.45, 7) is 15.7. The van der Waals surface area contributed by atoms with Gasteiger partial charge in [-0.2, -0.15) is 0 Å². The second-order valence-electron chi connectivity index (χ2n) is 13.4. The average Bonchev–Trinajstić information content (AvgIpc) is 3.32. The highest BCUT2D eigenvalue weighted by molar-refractivity contribution is 5.83. The molecule has 1 spiro atoms. The van der Waals surface area contributed by atoms with Crippen molar-refractivity contribution < 1.29 is 0 Å². The summed E-state index contributed by atoms with van der Waals surface area (Å²) < 4.78 is 2.19. The van der Waals surface area contributed by atoms with Gasteiger partial charge in [-0.25, -0.2) is 4.98 Å². The molecule has 6 heteroatoms. The second kappa shape index (κ2) is 9.51. The number of anilines is 1. The Morgan fingerprint density at radius 3 is 2.51 bits per heavy atom. The van der Waals surface area contributed by atoms with E-state index in [1.165, 1.54) is 87.9 Å². The third kappa shape index (κ3) is 4.77. The molecule has 4 aliphatic rings. The lowest BCUT2D eigenvalue weighted by molar-refractivity contribution is 0.127. The summed E-state index contributed by atoms with van der Waals surface area (Å²) in [5.74, 6) is 0. The average molecular weight is 523 g/mol. The molecule has 0 amide bonds. The molecular weight excluding hydrogens is 480 g/mol. The SMILES string of the molecule is C=C1c2cncc(N3CC4(CCCCC4)C3)c2C=CN1Cc1cn2cc(CN3CCC(C)(C)CC3)ccc2n1. The van der Waals surface area contributed by atoms with E-state index in [0.717, 1.165) is 29.1 Å². The van der Waals surface area contributed by atoms with Gasteiger partial charge in [-0.05, 0) is 61.9 Å². The number of hydrogen-bond donors (Lipinski definition) is 0. The van der Waals surface area contributed by atoms with Gasteiger partial charge >= 0.3 is 0 Å². The molecule has 1 aliphatic carbocycles.